The summed E-state index contributed by atoms with van der Waals surface area (Å²) in [6.45, 7) is 2.13. The van der Waals surface area contributed by atoms with Crippen LogP contribution in [0.5, 0.6) is 5.75 Å². The van der Waals surface area contributed by atoms with Gasteiger partial charge in [-0.1, -0.05) is 23.6 Å². The highest BCUT2D eigenvalue weighted by Gasteiger charge is 2.01. The minimum absolute atomic E-state index is 0.171. The normalized spacial score (nSPS) is 8.86. The van der Waals surface area contributed by atoms with E-state index in [4.69, 9.17) is 11.2 Å². The number of hydrogen-bond donors (Lipinski definition) is 1. The van der Waals surface area contributed by atoms with Crippen LogP contribution in [0.2, 0.25) is 0 Å². The predicted octanol–water partition coefficient (Wildman–Crippen LogP) is 1.72. The molecule has 0 radical (unpaired) electrons. The second-order valence-electron chi connectivity index (χ2n) is 2.76. The van der Waals surface area contributed by atoms with E-state index in [-0.39, 0.29) is 6.54 Å². The van der Waals surface area contributed by atoms with Crippen molar-refractivity contribution in [2.75, 3.05) is 6.54 Å². The molecule has 72 valence electrons. The number of rotatable bonds is 2. The topological polar surface area (TPSA) is 38.3 Å². The largest absolute Gasteiger partial charge is 0.413 e. The summed E-state index contributed by atoms with van der Waals surface area (Å²) >= 11 is 0. The maximum Gasteiger partial charge on any atom is 0.413 e. The molecule has 3 nitrogen and oxygen atoms in total. The first-order valence-electron chi connectivity index (χ1n) is 4.18. The molecule has 0 saturated heterocycles. The lowest BCUT2D eigenvalue weighted by Gasteiger charge is -2.03. The van der Waals surface area contributed by atoms with Gasteiger partial charge in [0.1, 0.15) is 5.75 Å². The van der Waals surface area contributed by atoms with Crippen LogP contribution in [-0.2, 0) is 0 Å². The van der Waals surface area contributed by atoms with Gasteiger partial charge in [-0.3, -0.25) is 0 Å². The maximum atomic E-state index is 11.0. The van der Waals surface area contributed by atoms with Gasteiger partial charge in [0.15, 0.2) is 0 Å². The molecule has 0 fully saturated rings. The van der Waals surface area contributed by atoms with Crippen LogP contribution in [0.1, 0.15) is 5.56 Å². The van der Waals surface area contributed by atoms with Crippen molar-refractivity contribution in [1.82, 2.24) is 5.32 Å². The predicted molar refractivity (Wildman–Crippen MR) is 54.0 cm³/mol. The quantitative estimate of drug-likeness (QED) is 0.719. The molecule has 1 aromatic carbocycles. The van der Waals surface area contributed by atoms with E-state index in [1.165, 1.54) is 0 Å². The highest BCUT2D eigenvalue weighted by atomic mass is 16.5. The molecule has 14 heavy (non-hydrogen) atoms. The fourth-order valence-corrected chi connectivity index (χ4v) is 0.873. The van der Waals surface area contributed by atoms with Crippen LogP contribution in [-0.4, -0.2) is 12.6 Å². The number of ether oxygens (including phenoxy) is 1. The SMILES string of the molecule is C#CCNC(=O)Oc1ccc(C)cc1. The first kappa shape index (κ1) is 10.1. The fraction of sp³-hybridized carbons (Fsp3) is 0.182. The number of aryl methyl sites for hydroxylation is 1. The van der Waals surface area contributed by atoms with Gasteiger partial charge in [-0.25, -0.2) is 4.79 Å². The first-order valence-corrected chi connectivity index (χ1v) is 4.18. The first-order chi connectivity index (χ1) is 6.72. The number of nitrogens with one attached hydrogen (secondary N) is 1. The van der Waals surface area contributed by atoms with E-state index >= 15 is 0 Å². The Hall–Kier alpha value is -1.95. The van der Waals surface area contributed by atoms with Gasteiger partial charge in [0, 0.05) is 0 Å². The average Bonchev–Trinajstić information content (AvgIpc) is 2.18. The van der Waals surface area contributed by atoms with Gasteiger partial charge >= 0.3 is 6.09 Å². The summed E-state index contributed by atoms with van der Waals surface area (Å²) in [5.74, 6) is 2.79. The third kappa shape index (κ3) is 3.20. The van der Waals surface area contributed by atoms with Gasteiger partial charge in [0.05, 0.1) is 6.54 Å². The number of terminal acetylenes is 1. The lowest BCUT2D eigenvalue weighted by Crippen LogP contribution is -2.26. The molecule has 1 rings (SSSR count). The van der Waals surface area contributed by atoms with Gasteiger partial charge in [-0.05, 0) is 19.1 Å². The van der Waals surface area contributed by atoms with Crippen molar-refractivity contribution in [2.45, 2.75) is 6.92 Å². The van der Waals surface area contributed by atoms with Crippen molar-refractivity contribution in [3.63, 3.8) is 0 Å². The second kappa shape index (κ2) is 4.93. The standard InChI is InChI=1S/C11H11NO2/c1-3-8-12-11(13)14-10-6-4-9(2)5-7-10/h1,4-7H,8H2,2H3,(H,12,13). The van der Waals surface area contributed by atoms with Crippen LogP contribution in [0, 0.1) is 19.3 Å². The molecule has 0 heterocycles. The Morgan fingerprint density at radius 1 is 1.50 bits per heavy atom. The van der Waals surface area contributed by atoms with Crippen molar-refractivity contribution in [3.05, 3.63) is 29.8 Å². The molecule has 1 aromatic rings. The zero-order valence-electron chi connectivity index (χ0n) is 7.91. The lowest BCUT2D eigenvalue weighted by atomic mass is 10.2. The van der Waals surface area contributed by atoms with Crippen LogP contribution < -0.4 is 10.1 Å². The van der Waals surface area contributed by atoms with Crippen molar-refractivity contribution in [1.29, 1.82) is 0 Å². The summed E-state index contributed by atoms with van der Waals surface area (Å²) in [7, 11) is 0. The van der Waals surface area contributed by atoms with Crippen molar-refractivity contribution in [3.8, 4) is 18.1 Å². The lowest BCUT2D eigenvalue weighted by molar-refractivity contribution is 0.202. The van der Waals surface area contributed by atoms with Crippen LogP contribution in [0.15, 0.2) is 24.3 Å². The number of carbonyl (C=O) groups is 1. The highest BCUT2D eigenvalue weighted by Crippen LogP contribution is 2.11. The Labute approximate surface area is 83.1 Å². The van der Waals surface area contributed by atoms with E-state index in [0.717, 1.165) is 5.56 Å². The van der Waals surface area contributed by atoms with Gasteiger partial charge in [0.25, 0.3) is 0 Å². The third-order valence-electron chi connectivity index (χ3n) is 1.57. The van der Waals surface area contributed by atoms with E-state index in [9.17, 15) is 4.79 Å². The summed E-state index contributed by atoms with van der Waals surface area (Å²) in [4.78, 5) is 11.0. The number of hydrogen-bond acceptors (Lipinski definition) is 2. The second-order valence-corrected chi connectivity index (χ2v) is 2.76. The van der Waals surface area contributed by atoms with Crippen LogP contribution >= 0.6 is 0 Å². The highest BCUT2D eigenvalue weighted by molar-refractivity contribution is 5.70. The Morgan fingerprint density at radius 2 is 2.14 bits per heavy atom. The molecule has 1 amide bonds. The molecule has 0 aliphatic rings. The summed E-state index contributed by atoms with van der Waals surface area (Å²) in [5.41, 5.74) is 1.11. The van der Waals surface area contributed by atoms with E-state index in [0.29, 0.717) is 5.75 Å². The number of amides is 1. The zero-order valence-corrected chi connectivity index (χ0v) is 7.91. The number of carbonyl (C=O) groups excluding carboxylic acids is 1. The molecule has 0 bridgehead atoms. The van der Waals surface area contributed by atoms with E-state index in [1.54, 1.807) is 12.1 Å². The molecule has 0 aliphatic heterocycles. The number of benzene rings is 1. The molecule has 0 atom stereocenters. The van der Waals surface area contributed by atoms with E-state index in [2.05, 4.69) is 11.2 Å². The summed E-state index contributed by atoms with van der Waals surface area (Å²) in [6, 6.07) is 7.18. The zero-order chi connectivity index (χ0) is 10.4. The minimum atomic E-state index is -0.535. The summed E-state index contributed by atoms with van der Waals surface area (Å²) in [6.07, 6.45) is 4.43. The van der Waals surface area contributed by atoms with E-state index in [1.807, 2.05) is 19.1 Å². The Balaban J connectivity index is 2.49. The van der Waals surface area contributed by atoms with Crippen LogP contribution in [0.4, 0.5) is 4.79 Å². The third-order valence-corrected chi connectivity index (χ3v) is 1.57. The summed E-state index contributed by atoms with van der Waals surface area (Å²) < 4.78 is 4.93. The molecule has 0 aromatic heterocycles. The Kier molecular flexibility index (Phi) is 3.57. The fourth-order valence-electron chi connectivity index (χ4n) is 0.873. The van der Waals surface area contributed by atoms with Crippen molar-refractivity contribution < 1.29 is 9.53 Å². The molecule has 0 aliphatic carbocycles. The average molecular weight is 189 g/mol. The smallest absolute Gasteiger partial charge is 0.410 e. The Bertz CT molecular complexity index is 349. The van der Waals surface area contributed by atoms with Crippen LogP contribution in [0.25, 0.3) is 0 Å². The molecular weight excluding hydrogens is 178 g/mol. The molecule has 3 heteroatoms. The molecule has 0 spiro atoms. The minimum Gasteiger partial charge on any atom is -0.410 e. The monoisotopic (exact) mass is 189 g/mol. The van der Waals surface area contributed by atoms with Crippen LogP contribution in [0.3, 0.4) is 0 Å². The molecule has 0 unspecified atom stereocenters. The van der Waals surface area contributed by atoms with Gasteiger partial charge in [-0.2, -0.15) is 0 Å². The van der Waals surface area contributed by atoms with Gasteiger partial charge < -0.3 is 10.1 Å². The van der Waals surface area contributed by atoms with E-state index < -0.39 is 6.09 Å². The molecule has 0 saturated carbocycles. The summed E-state index contributed by atoms with van der Waals surface area (Å²) in [5, 5.41) is 2.40. The van der Waals surface area contributed by atoms with Gasteiger partial charge in [-0.15, -0.1) is 6.42 Å². The molecule has 1 N–H and O–H groups in total. The van der Waals surface area contributed by atoms with Crippen molar-refractivity contribution in [2.24, 2.45) is 0 Å². The molecular formula is C11H11NO2. The van der Waals surface area contributed by atoms with Gasteiger partial charge in [0.2, 0.25) is 0 Å². The maximum absolute atomic E-state index is 11.0. The Morgan fingerprint density at radius 3 is 2.71 bits per heavy atom. The van der Waals surface area contributed by atoms with Crippen molar-refractivity contribution >= 4 is 6.09 Å².